The molecule has 0 spiro atoms. The molecule has 3 nitrogen and oxygen atoms in total. The number of aromatic nitrogens is 2. The van der Waals surface area contributed by atoms with E-state index in [1.807, 2.05) is 0 Å². The summed E-state index contributed by atoms with van der Waals surface area (Å²) in [5.41, 5.74) is 32.3. The van der Waals surface area contributed by atoms with Crippen LogP contribution in [0.1, 0.15) is 11.1 Å². The first-order valence-electron chi connectivity index (χ1n) is 38.6. The molecule has 0 aliphatic heterocycles. The third kappa shape index (κ3) is 15.1. The lowest BCUT2D eigenvalue weighted by Gasteiger charge is -2.27. The second kappa shape index (κ2) is 32.6. The van der Waals surface area contributed by atoms with Crippen molar-refractivity contribution >= 4 is 76.6 Å². The molecule has 0 saturated carbocycles. The van der Waals surface area contributed by atoms with E-state index in [1.165, 1.54) is 144 Å². The maximum atomic E-state index is 3.71. The lowest BCUT2D eigenvalue weighted by atomic mass is 9.97. The van der Waals surface area contributed by atoms with Crippen LogP contribution in [-0.4, -0.2) is 9.13 Å². The Kier molecular flexibility index (Phi) is 20.3. The predicted molar refractivity (Wildman–Crippen MR) is 483 cm³/mol. The lowest BCUT2D eigenvalue weighted by Crippen LogP contribution is -2.10. The Morgan fingerprint density at radius 3 is 0.867 bits per heavy atom. The van der Waals surface area contributed by atoms with E-state index < -0.39 is 0 Å². The zero-order valence-corrected chi connectivity index (χ0v) is 63.9. The van der Waals surface area contributed by atoms with Gasteiger partial charge in [0.2, 0.25) is 0 Å². The second-order valence-electron chi connectivity index (χ2n) is 28.5. The van der Waals surface area contributed by atoms with Crippen LogP contribution in [0.15, 0.2) is 466 Å². The number of anilines is 3. The highest BCUT2D eigenvalue weighted by molar-refractivity contribution is 9.10. The minimum atomic E-state index is 1.03. The van der Waals surface area contributed by atoms with Crippen molar-refractivity contribution < 1.29 is 0 Å². The number of benzene rings is 18. The molecule has 4 heteroatoms. The molecule has 0 aliphatic carbocycles. The number of nitrogens with zero attached hydrogens (tertiary/aromatic N) is 3. The zero-order chi connectivity index (χ0) is 75.7. The summed E-state index contributed by atoms with van der Waals surface area (Å²) in [5.74, 6) is 0. The quantitative estimate of drug-likeness (QED) is 0.0997. The summed E-state index contributed by atoms with van der Waals surface area (Å²) in [6, 6.07) is 165. The fourth-order valence-corrected chi connectivity index (χ4v) is 16.3. The third-order valence-electron chi connectivity index (χ3n) is 21.3. The van der Waals surface area contributed by atoms with Crippen LogP contribution in [0.25, 0.3) is 144 Å². The maximum Gasteiger partial charge on any atom is 0.0547 e. The smallest absolute Gasteiger partial charge is 0.0547 e. The van der Waals surface area contributed by atoms with Crippen LogP contribution in [0.5, 0.6) is 0 Å². The van der Waals surface area contributed by atoms with Crippen molar-refractivity contribution in [3.63, 3.8) is 0 Å². The predicted octanol–water partition coefficient (Wildman–Crippen LogP) is 30.4. The van der Waals surface area contributed by atoms with Crippen molar-refractivity contribution in [2.75, 3.05) is 4.90 Å². The molecule has 113 heavy (non-hydrogen) atoms. The molecule has 18 aromatic carbocycles. The molecule has 0 atom stereocenters. The van der Waals surface area contributed by atoms with Gasteiger partial charge in [-0.05, 0) is 198 Å². The monoisotopic (exact) mass is 1510 g/mol. The molecule has 0 amide bonds. The first kappa shape index (κ1) is 70.5. The third-order valence-corrected chi connectivity index (χ3v) is 22.0. The molecule has 536 valence electrons. The summed E-state index contributed by atoms with van der Waals surface area (Å²) in [6.45, 7) is 0. The van der Waals surface area contributed by atoms with Gasteiger partial charge in [0.1, 0.15) is 0 Å². The zero-order valence-electron chi connectivity index (χ0n) is 62.3. The highest BCUT2D eigenvalue weighted by Gasteiger charge is 2.21. The molecule has 0 bridgehead atoms. The summed E-state index contributed by atoms with van der Waals surface area (Å²) in [5, 5.41) is 4.99. The van der Waals surface area contributed by atoms with Crippen molar-refractivity contribution in [2.45, 2.75) is 6.42 Å². The fraction of sp³-hybridized carbons (Fsp3) is 0.00917. The van der Waals surface area contributed by atoms with Crippen LogP contribution in [0.2, 0.25) is 0 Å². The van der Waals surface area contributed by atoms with Crippen molar-refractivity contribution in [1.82, 2.24) is 9.13 Å². The van der Waals surface area contributed by atoms with E-state index >= 15 is 0 Å². The van der Waals surface area contributed by atoms with Gasteiger partial charge in [0.15, 0.2) is 0 Å². The fourth-order valence-electron chi connectivity index (χ4n) is 15.8. The molecule has 0 saturated heterocycles. The van der Waals surface area contributed by atoms with Crippen LogP contribution in [0.4, 0.5) is 17.1 Å². The minimum Gasteiger partial charge on any atom is -0.310 e. The Labute approximate surface area is 669 Å². The van der Waals surface area contributed by atoms with Crippen LogP contribution < -0.4 is 4.90 Å². The highest BCUT2D eigenvalue weighted by Crippen LogP contribution is 2.44. The van der Waals surface area contributed by atoms with E-state index in [9.17, 15) is 0 Å². The van der Waals surface area contributed by atoms with Crippen molar-refractivity contribution in [3.8, 4) is 100 Å². The van der Waals surface area contributed by atoms with Gasteiger partial charge in [-0.15, -0.1) is 0 Å². The molecule has 0 N–H and O–H groups in total. The molecule has 2 heterocycles. The maximum absolute atomic E-state index is 3.71. The number of para-hydroxylation sites is 5. The van der Waals surface area contributed by atoms with Gasteiger partial charge in [-0.3, -0.25) is 0 Å². The molecule has 0 unspecified atom stereocenters. The van der Waals surface area contributed by atoms with E-state index in [4.69, 9.17) is 0 Å². The Morgan fingerprint density at radius 1 is 0.195 bits per heavy atom. The minimum absolute atomic E-state index is 1.03. The summed E-state index contributed by atoms with van der Waals surface area (Å²) >= 11 is 3.71. The SMILES string of the molecule is Brc1ccccc1-c1ccc(-c2ccc3c4ccccc4n(-c4cc(-c5ccccc5)cc(-c5ccccc5)c4)c3c2)cc1.c1ccc(-c2cc(-c3ccccc3)cc(-n3c4ccccc4c4ccc(-c5ccc(-c6ccccc6N(c6ccccc6)c6ccccc6)cc5)cc43)c2)cc1.c1ccc(Cc2ccccc2)cc1. The van der Waals surface area contributed by atoms with Gasteiger partial charge in [0.05, 0.1) is 27.8 Å². The average molecular weight is 1510 g/mol. The van der Waals surface area contributed by atoms with Gasteiger partial charge < -0.3 is 14.0 Å². The van der Waals surface area contributed by atoms with Gasteiger partial charge in [-0.1, -0.05) is 380 Å². The highest BCUT2D eigenvalue weighted by atomic mass is 79.9. The summed E-state index contributed by atoms with van der Waals surface area (Å²) in [4.78, 5) is 2.34. The molecular formula is C109H78BrN3. The first-order valence-corrected chi connectivity index (χ1v) is 39.4. The summed E-state index contributed by atoms with van der Waals surface area (Å²) in [6.07, 6.45) is 1.03. The molecule has 2 aromatic heterocycles. The molecule has 20 rings (SSSR count). The molecule has 0 aliphatic rings. The lowest BCUT2D eigenvalue weighted by molar-refractivity contribution is 1.18. The average Bonchev–Trinajstić information content (AvgIpc) is 1.60. The van der Waals surface area contributed by atoms with Crippen LogP contribution in [-0.2, 0) is 6.42 Å². The Hall–Kier alpha value is -14.2. The van der Waals surface area contributed by atoms with Gasteiger partial charge >= 0.3 is 0 Å². The molecule has 0 fully saturated rings. The van der Waals surface area contributed by atoms with Crippen LogP contribution >= 0.6 is 15.9 Å². The van der Waals surface area contributed by atoms with E-state index in [0.29, 0.717) is 0 Å². The van der Waals surface area contributed by atoms with E-state index in [-0.39, 0.29) is 0 Å². The van der Waals surface area contributed by atoms with Gasteiger partial charge in [-0.2, -0.15) is 0 Å². The van der Waals surface area contributed by atoms with Gasteiger partial charge in [-0.25, -0.2) is 0 Å². The molecule has 20 aromatic rings. The van der Waals surface area contributed by atoms with Crippen molar-refractivity contribution in [3.05, 3.63) is 477 Å². The summed E-state index contributed by atoms with van der Waals surface area (Å²) in [7, 11) is 0. The number of rotatable bonds is 15. The largest absolute Gasteiger partial charge is 0.310 e. The topological polar surface area (TPSA) is 13.1 Å². The number of hydrogen-bond acceptors (Lipinski definition) is 1. The van der Waals surface area contributed by atoms with E-state index in [1.54, 1.807) is 0 Å². The standard InChI is InChI=1S/C54H38N2.C42H28BrN.C13H12/c1-5-17-39(18-6-1)44-35-45(40-19-7-2-8-20-40)37-48(36-44)56-53-28-16-14-26-50(53)51-34-33-43(38-54(51)56)41-29-31-42(32-30-41)49-25-13-15-27-52(49)55(46-21-9-3-10-22-46)47-23-11-4-12-24-47;43-40-17-9-7-15-37(40)32-21-19-31(20-22-32)33-23-24-39-38-16-8-10-18-41(38)44(42(39)28-33)36-26-34(29-11-3-1-4-12-29)25-35(27-36)30-13-5-2-6-14-30;1-3-7-12(8-4-1)11-13-9-5-2-6-10-13/h1-38H;1-28H;1-10H,11H2. The van der Waals surface area contributed by atoms with Crippen molar-refractivity contribution in [2.24, 2.45) is 0 Å². The summed E-state index contributed by atoms with van der Waals surface area (Å²) < 4.78 is 5.98. The normalized spacial score (nSPS) is 11.1. The number of fused-ring (bicyclic) bond motifs is 6. The Morgan fingerprint density at radius 2 is 0.478 bits per heavy atom. The number of halogens is 1. The van der Waals surface area contributed by atoms with Gasteiger partial charge in [0, 0.05) is 54.3 Å². The van der Waals surface area contributed by atoms with Crippen molar-refractivity contribution in [1.29, 1.82) is 0 Å². The van der Waals surface area contributed by atoms with Crippen LogP contribution in [0, 0.1) is 0 Å². The Bertz CT molecular complexity index is 6450. The van der Waals surface area contributed by atoms with E-state index in [0.717, 1.165) is 39.3 Å². The number of hydrogen-bond donors (Lipinski definition) is 0. The molecule has 0 radical (unpaired) electrons. The second-order valence-corrected chi connectivity index (χ2v) is 29.3. The van der Waals surface area contributed by atoms with E-state index in [2.05, 4.69) is 491 Å². The van der Waals surface area contributed by atoms with Gasteiger partial charge in [0.25, 0.3) is 0 Å². The first-order chi connectivity index (χ1) is 56.0. The molecular weight excluding hydrogens is 1430 g/mol. The Balaban J connectivity index is 0.000000138. The van der Waals surface area contributed by atoms with Crippen LogP contribution in [0.3, 0.4) is 0 Å².